The SMILES string of the molecule is COc1cccc(NC(=O)CN(C)CC(=O)NCCCN2CCCC2=O)c1. The second-order valence-corrected chi connectivity index (χ2v) is 6.64. The summed E-state index contributed by atoms with van der Waals surface area (Å²) in [5.74, 6) is 0.518. The molecule has 0 aromatic heterocycles. The van der Waals surface area contributed by atoms with E-state index in [0.29, 0.717) is 30.9 Å². The highest BCUT2D eigenvalue weighted by Gasteiger charge is 2.19. The van der Waals surface area contributed by atoms with Crippen molar-refractivity contribution in [2.75, 3.05) is 52.2 Å². The smallest absolute Gasteiger partial charge is 0.238 e. The molecule has 1 aliphatic heterocycles. The maximum Gasteiger partial charge on any atom is 0.238 e. The molecule has 2 N–H and O–H groups in total. The summed E-state index contributed by atoms with van der Waals surface area (Å²) in [4.78, 5) is 39.0. The normalized spacial score (nSPS) is 13.7. The Kier molecular flexibility index (Phi) is 8.06. The Balaban J connectivity index is 1.62. The van der Waals surface area contributed by atoms with Crippen LogP contribution in [0.1, 0.15) is 19.3 Å². The standard InChI is InChI=1S/C19H28N4O4/c1-22(14-18(25)21-15-6-3-7-16(12-15)27-2)13-17(24)20-9-5-11-23-10-4-8-19(23)26/h3,6-7,12H,4-5,8-11,13-14H2,1-2H3,(H,20,24)(H,21,25). The average Bonchev–Trinajstić information content (AvgIpc) is 3.03. The van der Waals surface area contributed by atoms with Crippen molar-refractivity contribution < 1.29 is 19.1 Å². The molecule has 0 radical (unpaired) electrons. The van der Waals surface area contributed by atoms with Crippen molar-refractivity contribution in [1.82, 2.24) is 15.1 Å². The summed E-state index contributed by atoms with van der Waals surface area (Å²) in [7, 11) is 3.28. The van der Waals surface area contributed by atoms with E-state index < -0.39 is 0 Å². The van der Waals surface area contributed by atoms with Gasteiger partial charge in [0.15, 0.2) is 0 Å². The first kappa shape index (κ1) is 20.7. The average molecular weight is 376 g/mol. The number of rotatable bonds is 10. The zero-order chi connectivity index (χ0) is 19.6. The van der Waals surface area contributed by atoms with Crippen molar-refractivity contribution in [3.63, 3.8) is 0 Å². The lowest BCUT2D eigenvalue weighted by Crippen LogP contribution is -2.39. The van der Waals surface area contributed by atoms with Crippen LogP contribution in [0.5, 0.6) is 5.75 Å². The number of nitrogens with zero attached hydrogens (tertiary/aromatic N) is 2. The van der Waals surface area contributed by atoms with Crippen LogP contribution >= 0.6 is 0 Å². The molecule has 3 amide bonds. The number of hydrogen-bond donors (Lipinski definition) is 2. The summed E-state index contributed by atoms with van der Waals surface area (Å²) < 4.78 is 5.12. The summed E-state index contributed by atoms with van der Waals surface area (Å²) >= 11 is 0. The highest BCUT2D eigenvalue weighted by molar-refractivity contribution is 5.92. The van der Waals surface area contributed by atoms with Crippen LogP contribution in [0, 0.1) is 0 Å². The Hall–Kier alpha value is -2.61. The van der Waals surface area contributed by atoms with Gasteiger partial charge in [0.25, 0.3) is 0 Å². The second kappa shape index (κ2) is 10.5. The van der Waals surface area contributed by atoms with Crippen molar-refractivity contribution in [3.8, 4) is 5.75 Å². The van der Waals surface area contributed by atoms with Crippen molar-refractivity contribution in [2.24, 2.45) is 0 Å². The number of methoxy groups -OCH3 is 1. The molecule has 0 spiro atoms. The quantitative estimate of drug-likeness (QED) is 0.587. The molecule has 1 heterocycles. The van der Waals surface area contributed by atoms with Crippen LogP contribution in [-0.2, 0) is 14.4 Å². The van der Waals surface area contributed by atoms with Crippen LogP contribution in [0.3, 0.4) is 0 Å². The Morgan fingerprint density at radius 1 is 1.26 bits per heavy atom. The van der Waals surface area contributed by atoms with E-state index in [0.717, 1.165) is 19.4 Å². The van der Waals surface area contributed by atoms with Gasteiger partial charge in [-0.05, 0) is 32.0 Å². The van der Waals surface area contributed by atoms with E-state index in [1.165, 1.54) is 0 Å². The summed E-state index contributed by atoms with van der Waals surface area (Å²) in [6.45, 7) is 2.25. The number of hydrogen-bond acceptors (Lipinski definition) is 5. The first-order valence-electron chi connectivity index (χ1n) is 9.15. The molecule has 2 rings (SSSR count). The monoisotopic (exact) mass is 376 g/mol. The summed E-state index contributed by atoms with van der Waals surface area (Å²) in [6.07, 6.45) is 2.29. The first-order chi connectivity index (χ1) is 13.0. The van der Waals surface area contributed by atoms with E-state index in [4.69, 9.17) is 4.74 Å². The molecule has 1 aliphatic rings. The predicted molar refractivity (Wildman–Crippen MR) is 103 cm³/mol. The Bertz CT molecular complexity index is 665. The molecule has 0 atom stereocenters. The van der Waals surface area contributed by atoms with E-state index in [1.54, 1.807) is 43.3 Å². The fourth-order valence-corrected chi connectivity index (χ4v) is 2.94. The first-order valence-corrected chi connectivity index (χ1v) is 9.15. The van der Waals surface area contributed by atoms with Gasteiger partial charge in [0.2, 0.25) is 17.7 Å². The van der Waals surface area contributed by atoms with E-state index in [1.807, 2.05) is 4.90 Å². The van der Waals surface area contributed by atoms with Crippen LogP contribution in [-0.4, -0.2) is 74.4 Å². The van der Waals surface area contributed by atoms with Crippen LogP contribution in [0.25, 0.3) is 0 Å². The topological polar surface area (TPSA) is 91.0 Å². The molecule has 0 aliphatic carbocycles. The number of benzene rings is 1. The minimum absolute atomic E-state index is 0.104. The molecule has 8 heteroatoms. The molecule has 0 unspecified atom stereocenters. The zero-order valence-corrected chi connectivity index (χ0v) is 16.0. The van der Waals surface area contributed by atoms with Gasteiger partial charge < -0.3 is 20.3 Å². The van der Waals surface area contributed by atoms with E-state index in [2.05, 4.69) is 10.6 Å². The number of likely N-dealkylation sites (tertiary alicyclic amines) is 1. The molecule has 1 aromatic rings. The molecule has 8 nitrogen and oxygen atoms in total. The predicted octanol–water partition coefficient (Wildman–Crippen LogP) is 0.694. The van der Waals surface area contributed by atoms with E-state index in [9.17, 15) is 14.4 Å². The second-order valence-electron chi connectivity index (χ2n) is 6.64. The Morgan fingerprint density at radius 2 is 2.04 bits per heavy atom. The van der Waals surface area contributed by atoms with Crippen molar-refractivity contribution in [3.05, 3.63) is 24.3 Å². The van der Waals surface area contributed by atoms with Gasteiger partial charge in [-0.25, -0.2) is 0 Å². The van der Waals surface area contributed by atoms with Gasteiger partial charge in [-0.3, -0.25) is 19.3 Å². The van der Waals surface area contributed by atoms with E-state index >= 15 is 0 Å². The highest BCUT2D eigenvalue weighted by Crippen LogP contribution is 2.16. The maximum absolute atomic E-state index is 12.1. The van der Waals surface area contributed by atoms with Crippen LogP contribution in [0.4, 0.5) is 5.69 Å². The molecule has 148 valence electrons. The van der Waals surface area contributed by atoms with Crippen LogP contribution < -0.4 is 15.4 Å². The highest BCUT2D eigenvalue weighted by atomic mass is 16.5. The molecular formula is C19H28N4O4. The van der Waals surface area contributed by atoms with Crippen molar-refractivity contribution in [2.45, 2.75) is 19.3 Å². The summed E-state index contributed by atoms with van der Waals surface area (Å²) in [5.41, 5.74) is 0.647. The van der Waals surface area contributed by atoms with Crippen molar-refractivity contribution in [1.29, 1.82) is 0 Å². The molecule has 0 bridgehead atoms. The zero-order valence-electron chi connectivity index (χ0n) is 16.0. The number of nitrogens with one attached hydrogen (secondary N) is 2. The van der Waals surface area contributed by atoms with Gasteiger partial charge in [-0.1, -0.05) is 6.07 Å². The lowest BCUT2D eigenvalue weighted by atomic mass is 10.3. The molecule has 1 aromatic carbocycles. The summed E-state index contributed by atoms with van der Waals surface area (Å²) in [6, 6.07) is 7.10. The van der Waals surface area contributed by atoms with Gasteiger partial charge in [0.1, 0.15) is 5.75 Å². The Labute approximate surface area is 159 Å². The molecular weight excluding hydrogens is 348 g/mol. The number of anilines is 1. The number of likely N-dealkylation sites (N-methyl/N-ethyl adjacent to an activating group) is 1. The van der Waals surface area contributed by atoms with Gasteiger partial charge >= 0.3 is 0 Å². The minimum atomic E-state index is -0.203. The third kappa shape index (κ3) is 7.26. The number of amides is 3. The fraction of sp³-hybridized carbons (Fsp3) is 0.526. The Morgan fingerprint density at radius 3 is 2.74 bits per heavy atom. The maximum atomic E-state index is 12.1. The molecule has 1 saturated heterocycles. The fourth-order valence-electron chi connectivity index (χ4n) is 2.94. The van der Waals surface area contributed by atoms with Gasteiger partial charge in [0.05, 0.1) is 20.2 Å². The minimum Gasteiger partial charge on any atom is -0.497 e. The van der Waals surface area contributed by atoms with Crippen LogP contribution in [0.2, 0.25) is 0 Å². The molecule has 0 saturated carbocycles. The molecule has 1 fully saturated rings. The number of carbonyl (C=O) groups is 3. The third-order valence-electron chi connectivity index (χ3n) is 4.28. The van der Waals surface area contributed by atoms with E-state index in [-0.39, 0.29) is 30.8 Å². The van der Waals surface area contributed by atoms with Gasteiger partial charge in [-0.2, -0.15) is 0 Å². The van der Waals surface area contributed by atoms with Crippen molar-refractivity contribution >= 4 is 23.4 Å². The van der Waals surface area contributed by atoms with Gasteiger partial charge in [0, 0.05) is 37.8 Å². The van der Waals surface area contributed by atoms with Gasteiger partial charge in [-0.15, -0.1) is 0 Å². The largest absolute Gasteiger partial charge is 0.497 e. The number of ether oxygens (including phenoxy) is 1. The third-order valence-corrected chi connectivity index (χ3v) is 4.28. The number of carbonyl (C=O) groups excluding carboxylic acids is 3. The summed E-state index contributed by atoms with van der Waals surface area (Å²) in [5, 5.41) is 5.60. The lowest BCUT2D eigenvalue weighted by Gasteiger charge is -2.17. The van der Waals surface area contributed by atoms with Crippen LogP contribution in [0.15, 0.2) is 24.3 Å². The lowest BCUT2D eigenvalue weighted by molar-refractivity contribution is -0.127. The molecule has 27 heavy (non-hydrogen) atoms.